The summed E-state index contributed by atoms with van der Waals surface area (Å²) in [4.78, 5) is 30.6. The summed E-state index contributed by atoms with van der Waals surface area (Å²) < 4.78 is 16.4. The highest BCUT2D eigenvalue weighted by Gasteiger charge is 2.30. The number of carbonyl (C=O) groups is 1. The molecule has 1 fully saturated rings. The van der Waals surface area contributed by atoms with Crippen molar-refractivity contribution in [2.75, 3.05) is 5.75 Å². The Kier molecular flexibility index (Phi) is 5.52. The fraction of sp³-hybridized carbons (Fsp3) is 0.455. The molecule has 0 saturated heterocycles. The number of hydrogen-bond acceptors (Lipinski definition) is 5. The fourth-order valence-electron chi connectivity index (χ4n) is 4.48. The van der Waals surface area contributed by atoms with Crippen LogP contribution in [-0.4, -0.2) is 37.0 Å². The first-order valence-corrected chi connectivity index (χ1v) is 11.8. The van der Waals surface area contributed by atoms with Crippen LogP contribution >= 0.6 is 11.8 Å². The molecule has 31 heavy (non-hydrogen) atoms. The van der Waals surface area contributed by atoms with Gasteiger partial charge in [-0.2, -0.15) is 5.10 Å². The minimum absolute atomic E-state index is 0.000598. The monoisotopic (exact) mass is 441 g/mol. The van der Waals surface area contributed by atoms with Crippen molar-refractivity contribution in [3.8, 4) is 5.69 Å². The van der Waals surface area contributed by atoms with E-state index in [2.05, 4.69) is 15.4 Å². The fourth-order valence-corrected chi connectivity index (χ4v) is 5.61. The molecule has 3 heterocycles. The van der Waals surface area contributed by atoms with E-state index >= 15 is 0 Å². The van der Waals surface area contributed by atoms with Crippen molar-refractivity contribution < 1.29 is 9.18 Å². The zero-order valence-electron chi connectivity index (χ0n) is 17.1. The van der Waals surface area contributed by atoms with Gasteiger partial charge in [0.2, 0.25) is 5.91 Å². The van der Waals surface area contributed by atoms with Crippen LogP contribution in [0.5, 0.6) is 0 Å². The minimum atomic E-state index is -0.338. The third-order valence-electron chi connectivity index (χ3n) is 6.08. The van der Waals surface area contributed by atoms with Crippen LogP contribution in [0.1, 0.15) is 51.0 Å². The number of nitrogens with one attached hydrogen (secondary N) is 1. The minimum Gasteiger partial charge on any atom is -0.353 e. The number of thioether (sulfide) groups is 1. The van der Waals surface area contributed by atoms with Crippen molar-refractivity contribution in [1.82, 2.24) is 24.6 Å². The molecule has 0 spiro atoms. The first kappa shape index (κ1) is 20.2. The predicted molar refractivity (Wildman–Crippen MR) is 117 cm³/mol. The van der Waals surface area contributed by atoms with Crippen LogP contribution < -0.4 is 10.9 Å². The molecule has 1 N–H and O–H groups in total. The van der Waals surface area contributed by atoms with Crippen LogP contribution in [-0.2, 0) is 4.79 Å². The lowest BCUT2D eigenvalue weighted by Crippen LogP contribution is -2.36. The topological polar surface area (TPSA) is 81.8 Å². The van der Waals surface area contributed by atoms with Gasteiger partial charge >= 0.3 is 0 Å². The Balaban J connectivity index is 1.39. The molecule has 9 heteroatoms. The van der Waals surface area contributed by atoms with E-state index in [4.69, 9.17) is 0 Å². The molecule has 1 aliphatic heterocycles. The highest BCUT2D eigenvalue weighted by Crippen LogP contribution is 2.33. The van der Waals surface area contributed by atoms with Gasteiger partial charge in [-0.05, 0) is 37.1 Å². The van der Waals surface area contributed by atoms with Crippen LogP contribution in [0.15, 0.2) is 40.4 Å². The van der Waals surface area contributed by atoms with Crippen LogP contribution in [0.2, 0.25) is 0 Å². The summed E-state index contributed by atoms with van der Waals surface area (Å²) in [6.07, 6.45) is 8.63. The molecular formula is C22H24FN5O2S. The first-order valence-electron chi connectivity index (χ1n) is 10.8. The first-order chi connectivity index (χ1) is 15.1. The van der Waals surface area contributed by atoms with Gasteiger partial charge in [0.15, 0.2) is 10.8 Å². The van der Waals surface area contributed by atoms with Crippen LogP contribution in [0.25, 0.3) is 16.7 Å². The van der Waals surface area contributed by atoms with Gasteiger partial charge in [0, 0.05) is 18.2 Å². The highest BCUT2D eigenvalue weighted by atomic mass is 32.2. The van der Waals surface area contributed by atoms with Gasteiger partial charge in [-0.15, -0.1) is 0 Å². The lowest BCUT2D eigenvalue weighted by Gasteiger charge is -2.18. The maximum Gasteiger partial charge on any atom is 0.265 e. The SMILES string of the molecule is O=C(CC1CSc2nc3c(cnn3-c3ccc(F)cc3)c(=O)n21)NC1CCCCCC1. The Bertz CT molecular complexity index is 1170. The van der Waals surface area contributed by atoms with Gasteiger partial charge in [0.1, 0.15) is 11.2 Å². The Morgan fingerprint density at radius 2 is 1.90 bits per heavy atom. The maximum absolute atomic E-state index is 13.3. The number of halogens is 1. The van der Waals surface area contributed by atoms with E-state index in [1.54, 1.807) is 21.4 Å². The molecule has 3 aromatic rings. The van der Waals surface area contributed by atoms with Crippen LogP contribution in [0, 0.1) is 5.82 Å². The van der Waals surface area contributed by atoms with Crippen molar-refractivity contribution in [1.29, 1.82) is 0 Å². The van der Waals surface area contributed by atoms with Gasteiger partial charge in [0.05, 0.1) is 17.9 Å². The third kappa shape index (κ3) is 3.98. The van der Waals surface area contributed by atoms with Gasteiger partial charge in [0.25, 0.3) is 5.56 Å². The lowest BCUT2D eigenvalue weighted by atomic mass is 10.1. The van der Waals surface area contributed by atoms with E-state index in [9.17, 15) is 14.0 Å². The van der Waals surface area contributed by atoms with Crippen molar-refractivity contribution in [2.24, 2.45) is 0 Å². The second kappa shape index (κ2) is 8.45. The van der Waals surface area contributed by atoms with E-state index in [0.717, 1.165) is 25.7 Å². The summed E-state index contributed by atoms with van der Waals surface area (Å²) in [6, 6.07) is 5.92. The number of nitrogens with zero attached hydrogens (tertiary/aromatic N) is 4. The van der Waals surface area contributed by atoms with Gasteiger partial charge in [-0.25, -0.2) is 14.1 Å². The molecule has 0 radical (unpaired) electrons. The average Bonchev–Trinajstić information content (AvgIpc) is 3.26. The number of carbonyl (C=O) groups excluding carboxylic acids is 1. The zero-order valence-corrected chi connectivity index (χ0v) is 17.9. The van der Waals surface area contributed by atoms with E-state index in [-0.39, 0.29) is 35.8 Å². The van der Waals surface area contributed by atoms with Crippen LogP contribution in [0.3, 0.4) is 0 Å². The Hall–Kier alpha value is -2.68. The summed E-state index contributed by atoms with van der Waals surface area (Å²) in [6.45, 7) is 0. The molecule has 7 nitrogen and oxygen atoms in total. The molecule has 1 unspecified atom stereocenters. The number of fused-ring (bicyclic) bond motifs is 2. The molecule has 162 valence electrons. The number of benzene rings is 1. The number of amides is 1. The largest absolute Gasteiger partial charge is 0.353 e. The van der Waals surface area contributed by atoms with Gasteiger partial charge in [-0.3, -0.25) is 14.2 Å². The summed E-state index contributed by atoms with van der Waals surface area (Å²) in [7, 11) is 0. The molecule has 1 amide bonds. The van der Waals surface area contributed by atoms with Crippen LogP contribution in [0.4, 0.5) is 4.39 Å². The van der Waals surface area contributed by atoms with E-state index in [1.807, 2.05) is 0 Å². The standard InChI is InChI=1S/C22H24FN5O2S/c23-14-7-9-16(10-8-14)28-20-18(12-24-28)21(30)27-17(13-31-22(27)26-20)11-19(29)25-15-5-3-1-2-4-6-15/h7-10,12,15,17H,1-6,11,13H2,(H,25,29). The molecule has 5 rings (SSSR count). The maximum atomic E-state index is 13.3. The lowest BCUT2D eigenvalue weighted by molar-refractivity contribution is -0.122. The zero-order chi connectivity index (χ0) is 21.4. The second-order valence-corrected chi connectivity index (χ2v) is 9.25. The average molecular weight is 442 g/mol. The summed E-state index contributed by atoms with van der Waals surface area (Å²) in [5, 5.41) is 8.46. The van der Waals surface area contributed by atoms with E-state index < -0.39 is 0 Å². The normalized spacial score (nSPS) is 19.3. The molecule has 1 aliphatic carbocycles. The van der Waals surface area contributed by atoms with E-state index in [0.29, 0.717) is 27.6 Å². The Labute approximate surface area is 183 Å². The van der Waals surface area contributed by atoms with E-state index in [1.165, 1.54) is 42.9 Å². The second-order valence-electron chi connectivity index (χ2n) is 8.26. The molecule has 1 aromatic carbocycles. The molecule has 1 saturated carbocycles. The van der Waals surface area contributed by atoms with Crippen molar-refractivity contribution in [3.05, 3.63) is 46.6 Å². The Morgan fingerprint density at radius 1 is 1.16 bits per heavy atom. The Morgan fingerprint density at radius 3 is 2.65 bits per heavy atom. The third-order valence-corrected chi connectivity index (χ3v) is 7.18. The molecule has 2 aliphatic rings. The van der Waals surface area contributed by atoms with Crippen molar-refractivity contribution in [3.63, 3.8) is 0 Å². The smallest absolute Gasteiger partial charge is 0.265 e. The number of aromatic nitrogens is 4. The van der Waals surface area contributed by atoms with Gasteiger partial charge in [-0.1, -0.05) is 37.4 Å². The summed E-state index contributed by atoms with van der Waals surface area (Å²) in [5.41, 5.74) is 0.889. The molecule has 1 atom stereocenters. The van der Waals surface area contributed by atoms with Gasteiger partial charge < -0.3 is 5.32 Å². The summed E-state index contributed by atoms with van der Waals surface area (Å²) in [5.74, 6) is 0.297. The summed E-state index contributed by atoms with van der Waals surface area (Å²) >= 11 is 1.48. The predicted octanol–water partition coefficient (Wildman–Crippen LogP) is 3.60. The molecular weight excluding hydrogens is 417 g/mol. The molecule has 2 aromatic heterocycles. The van der Waals surface area contributed by atoms with Crippen molar-refractivity contribution in [2.45, 2.75) is 62.2 Å². The number of hydrogen-bond donors (Lipinski definition) is 1. The highest BCUT2D eigenvalue weighted by molar-refractivity contribution is 7.99. The van der Waals surface area contributed by atoms with Crippen molar-refractivity contribution >= 4 is 28.7 Å². The number of rotatable bonds is 4. The quantitative estimate of drug-likeness (QED) is 0.494. The molecule has 0 bridgehead atoms.